The number of carboxylic acids is 1. The van der Waals surface area contributed by atoms with Crippen LogP contribution in [0.5, 0.6) is 5.75 Å². The Morgan fingerprint density at radius 1 is 0.809 bits per heavy atom. The molecule has 4 rings (SSSR count). The van der Waals surface area contributed by atoms with Crippen LogP contribution in [-0.2, 0) is 22.2 Å². The van der Waals surface area contributed by atoms with E-state index in [2.05, 4.69) is 10.6 Å². The van der Waals surface area contributed by atoms with E-state index in [1.807, 2.05) is 0 Å². The molecule has 4 aromatic carbocycles. The summed E-state index contributed by atoms with van der Waals surface area (Å²) in [5.74, 6) is -4.03. The predicted octanol–water partition coefficient (Wildman–Crippen LogP) is 7.49. The standard InChI is InChI=1S/C35H31ClF4N2O5/c1-19(2)14-30(34(46)47)42-33(45)29(15-20-6-8-21(9-7-20)22-4-3-5-25(16-22)35(38,39)40)41-32(44)26-17-23(11-13-31(26)43)24-10-12-28(37)27(36)18-24/h3-13,16-19,29-30,43H,14-15H2,1-2H3,(H,41,44)(H,42,45)(H,46,47)/t29-,30?/m0/s1. The number of hydrogen-bond donors (Lipinski definition) is 4. The minimum atomic E-state index is -4.52. The number of aliphatic carboxylic acids is 1. The van der Waals surface area contributed by atoms with E-state index in [9.17, 15) is 42.2 Å². The number of aromatic hydroxyl groups is 1. The van der Waals surface area contributed by atoms with Crippen LogP contribution in [0.1, 0.15) is 41.8 Å². The van der Waals surface area contributed by atoms with Gasteiger partial charge in [-0.05, 0) is 76.6 Å². The smallest absolute Gasteiger partial charge is 0.416 e. The molecule has 12 heteroatoms. The fourth-order valence-corrected chi connectivity index (χ4v) is 5.11. The zero-order chi connectivity index (χ0) is 34.5. The summed E-state index contributed by atoms with van der Waals surface area (Å²) in [6.07, 6.45) is -4.52. The Bertz CT molecular complexity index is 1780. The van der Waals surface area contributed by atoms with Crippen LogP contribution in [0.3, 0.4) is 0 Å². The number of phenolic OH excluding ortho intramolecular Hbond substituents is 1. The van der Waals surface area contributed by atoms with Crippen molar-refractivity contribution in [2.24, 2.45) is 5.92 Å². The van der Waals surface area contributed by atoms with Gasteiger partial charge in [0.2, 0.25) is 5.91 Å². The molecule has 4 N–H and O–H groups in total. The molecule has 2 amide bonds. The summed E-state index contributed by atoms with van der Waals surface area (Å²) in [5.41, 5.74) is 1.18. The Kier molecular flexibility index (Phi) is 10.9. The number of halogens is 5. The zero-order valence-corrected chi connectivity index (χ0v) is 26.0. The van der Waals surface area contributed by atoms with Crippen LogP contribution in [0.15, 0.2) is 84.9 Å². The molecule has 0 saturated carbocycles. The van der Waals surface area contributed by atoms with Gasteiger partial charge < -0.3 is 20.8 Å². The first kappa shape index (κ1) is 35.0. The minimum absolute atomic E-state index is 0.0764. The Balaban J connectivity index is 1.62. The lowest BCUT2D eigenvalue weighted by Crippen LogP contribution is -2.52. The van der Waals surface area contributed by atoms with Crippen LogP contribution in [0.25, 0.3) is 22.3 Å². The van der Waals surface area contributed by atoms with Gasteiger partial charge in [0, 0.05) is 6.42 Å². The SMILES string of the molecule is CC(C)CC(NC(=O)[C@H](Cc1ccc(-c2cccc(C(F)(F)F)c2)cc1)NC(=O)c1cc(-c2ccc(F)c(Cl)c2)ccc1O)C(=O)O. The Morgan fingerprint density at radius 3 is 2.04 bits per heavy atom. The van der Waals surface area contributed by atoms with E-state index in [-0.39, 0.29) is 29.3 Å². The number of rotatable bonds is 11. The molecule has 1 unspecified atom stereocenters. The van der Waals surface area contributed by atoms with Gasteiger partial charge >= 0.3 is 12.1 Å². The van der Waals surface area contributed by atoms with Crippen molar-refractivity contribution in [3.63, 3.8) is 0 Å². The quantitative estimate of drug-likeness (QED) is 0.123. The highest BCUT2D eigenvalue weighted by Crippen LogP contribution is 2.33. The summed E-state index contributed by atoms with van der Waals surface area (Å²) in [4.78, 5) is 38.8. The van der Waals surface area contributed by atoms with Crippen LogP contribution in [-0.4, -0.2) is 40.1 Å². The maximum absolute atomic E-state index is 13.7. The second kappa shape index (κ2) is 14.7. The lowest BCUT2D eigenvalue weighted by molar-refractivity contribution is -0.142. The summed E-state index contributed by atoms with van der Waals surface area (Å²) < 4.78 is 53.4. The average Bonchev–Trinajstić information content (AvgIpc) is 3.01. The van der Waals surface area contributed by atoms with Gasteiger partial charge in [0.25, 0.3) is 5.91 Å². The third-order valence-electron chi connectivity index (χ3n) is 7.35. The average molecular weight is 671 g/mol. The van der Waals surface area contributed by atoms with E-state index in [0.29, 0.717) is 27.8 Å². The molecule has 0 fully saturated rings. The number of hydrogen-bond acceptors (Lipinski definition) is 4. The first-order valence-electron chi connectivity index (χ1n) is 14.5. The van der Waals surface area contributed by atoms with Crippen molar-refractivity contribution in [3.05, 3.63) is 112 Å². The molecule has 0 saturated heterocycles. The maximum Gasteiger partial charge on any atom is 0.416 e. The number of carboxylic acid groups (broad SMARTS) is 1. The van der Waals surface area contributed by atoms with Crippen LogP contribution >= 0.6 is 11.6 Å². The summed E-state index contributed by atoms with van der Waals surface area (Å²) in [7, 11) is 0. The second-order valence-corrected chi connectivity index (χ2v) is 11.8. The van der Waals surface area contributed by atoms with E-state index in [4.69, 9.17) is 11.6 Å². The Morgan fingerprint density at radius 2 is 1.43 bits per heavy atom. The normalized spacial score (nSPS) is 12.8. The van der Waals surface area contributed by atoms with Gasteiger partial charge in [-0.1, -0.05) is 74.0 Å². The second-order valence-electron chi connectivity index (χ2n) is 11.4. The fourth-order valence-electron chi connectivity index (χ4n) is 4.93. The molecule has 0 aliphatic carbocycles. The molecule has 4 aromatic rings. The summed E-state index contributed by atoms with van der Waals surface area (Å²) in [6, 6.07) is 16.6. The lowest BCUT2D eigenvalue weighted by Gasteiger charge is -2.23. The highest BCUT2D eigenvalue weighted by atomic mass is 35.5. The van der Waals surface area contributed by atoms with Crippen molar-refractivity contribution in [1.29, 1.82) is 0 Å². The third kappa shape index (κ3) is 9.10. The van der Waals surface area contributed by atoms with Crippen LogP contribution in [0.2, 0.25) is 5.02 Å². The summed E-state index contributed by atoms with van der Waals surface area (Å²) in [5, 5.41) is 25.1. The predicted molar refractivity (Wildman–Crippen MR) is 169 cm³/mol. The number of alkyl halides is 3. The number of benzene rings is 4. The Labute approximate surface area is 273 Å². The van der Waals surface area contributed by atoms with Crippen LogP contribution < -0.4 is 10.6 Å². The number of amides is 2. The van der Waals surface area contributed by atoms with Gasteiger partial charge in [0.1, 0.15) is 23.7 Å². The lowest BCUT2D eigenvalue weighted by atomic mass is 9.98. The molecule has 0 bridgehead atoms. The largest absolute Gasteiger partial charge is 0.507 e. The number of carbonyl (C=O) groups excluding carboxylic acids is 2. The molecule has 246 valence electrons. The van der Waals surface area contributed by atoms with E-state index < -0.39 is 53.2 Å². The first-order valence-corrected chi connectivity index (χ1v) is 14.9. The van der Waals surface area contributed by atoms with E-state index >= 15 is 0 Å². The summed E-state index contributed by atoms with van der Waals surface area (Å²) in [6.45, 7) is 3.58. The molecule has 0 heterocycles. The summed E-state index contributed by atoms with van der Waals surface area (Å²) >= 11 is 5.91. The Hall–Kier alpha value is -4.90. The van der Waals surface area contributed by atoms with Gasteiger partial charge in [-0.25, -0.2) is 9.18 Å². The van der Waals surface area contributed by atoms with Gasteiger partial charge in [0.15, 0.2) is 0 Å². The van der Waals surface area contributed by atoms with Crippen molar-refractivity contribution in [1.82, 2.24) is 10.6 Å². The van der Waals surface area contributed by atoms with Crippen molar-refractivity contribution in [3.8, 4) is 28.0 Å². The molecular weight excluding hydrogens is 640 g/mol. The molecule has 0 spiro atoms. The van der Waals surface area contributed by atoms with Gasteiger partial charge in [-0.15, -0.1) is 0 Å². The topological polar surface area (TPSA) is 116 Å². The van der Waals surface area contributed by atoms with Crippen molar-refractivity contribution >= 4 is 29.4 Å². The van der Waals surface area contributed by atoms with Crippen LogP contribution in [0.4, 0.5) is 17.6 Å². The third-order valence-corrected chi connectivity index (χ3v) is 7.64. The van der Waals surface area contributed by atoms with Gasteiger partial charge in [-0.3, -0.25) is 9.59 Å². The van der Waals surface area contributed by atoms with E-state index in [0.717, 1.165) is 18.2 Å². The first-order chi connectivity index (χ1) is 22.1. The van der Waals surface area contributed by atoms with Crippen molar-refractivity contribution in [2.45, 2.75) is 44.9 Å². The van der Waals surface area contributed by atoms with Crippen molar-refractivity contribution < 1.29 is 42.2 Å². The molecule has 0 aromatic heterocycles. The van der Waals surface area contributed by atoms with Crippen molar-refractivity contribution in [2.75, 3.05) is 0 Å². The number of phenols is 1. The van der Waals surface area contributed by atoms with Gasteiger partial charge in [0.05, 0.1) is 16.1 Å². The highest BCUT2D eigenvalue weighted by Gasteiger charge is 2.31. The van der Waals surface area contributed by atoms with E-state index in [1.54, 1.807) is 38.1 Å². The number of nitrogens with one attached hydrogen (secondary N) is 2. The monoisotopic (exact) mass is 670 g/mol. The maximum atomic E-state index is 13.7. The number of carbonyl (C=O) groups is 3. The fraction of sp³-hybridized carbons (Fsp3) is 0.229. The molecule has 0 radical (unpaired) electrons. The molecule has 0 aliphatic rings. The highest BCUT2D eigenvalue weighted by molar-refractivity contribution is 6.31. The zero-order valence-electron chi connectivity index (χ0n) is 25.2. The molecule has 7 nitrogen and oxygen atoms in total. The van der Waals surface area contributed by atoms with Crippen LogP contribution in [0, 0.1) is 11.7 Å². The minimum Gasteiger partial charge on any atom is -0.507 e. The molecule has 2 atom stereocenters. The molecule has 0 aliphatic heterocycles. The molecule has 47 heavy (non-hydrogen) atoms. The molecular formula is C35H31ClF4N2O5. The van der Waals surface area contributed by atoms with Gasteiger partial charge in [-0.2, -0.15) is 13.2 Å². The van der Waals surface area contributed by atoms with E-state index in [1.165, 1.54) is 42.5 Å².